The van der Waals surface area contributed by atoms with E-state index in [2.05, 4.69) is 9.97 Å². The molecule has 3 rings (SSSR count). The maximum atomic E-state index is 12.3. The summed E-state index contributed by atoms with van der Waals surface area (Å²) in [5, 5.41) is 0.570. The Morgan fingerprint density at radius 1 is 1.44 bits per heavy atom. The van der Waals surface area contributed by atoms with Crippen LogP contribution in [0.2, 0.25) is 0 Å². The van der Waals surface area contributed by atoms with Gasteiger partial charge in [0.15, 0.2) is 21.8 Å². The highest BCUT2D eigenvalue weighted by Crippen LogP contribution is 2.27. The summed E-state index contributed by atoms with van der Waals surface area (Å²) in [6.45, 7) is 5.45. The van der Waals surface area contributed by atoms with Gasteiger partial charge in [0, 0.05) is 11.3 Å². The fourth-order valence-electron chi connectivity index (χ4n) is 3.03. The Balaban J connectivity index is 1.73. The molecule has 9 heteroatoms. The molecule has 0 radical (unpaired) electrons. The van der Waals surface area contributed by atoms with Gasteiger partial charge in [-0.25, -0.2) is 13.4 Å². The molecule has 136 valence electrons. The van der Waals surface area contributed by atoms with Gasteiger partial charge in [-0.15, -0.1) is 11.3 Å². The van der Waals surface area contributed by atoms with Crippen LogP contribution >= 0.6 is 11.3 Å². The van der Waals surface area contributed by atoms with E-state index in [9.17, 15) is 18.0 Å². The summed E-state index contributed by atoms with van der Waals surface area (Å²) in [6.07, 6.45) is -0.154. The molecule has 2 aromatic heterocycles. The van der Waals surface area contributed by atoms with Crippen LogP contribution in [0, 0.1) is 19.8 Å². The molecule has 7 nitrogen and oxygen atoms in total. The molecular weight excluding hydrogens is 364 g/mol. The molecule has 0 unspecified atom stereocenters. The molecule has 0 amide bonds. The van der Waals surface area contributed by atoms with Crippen molar-refractivity contribution in [3.63, 3.8) is 0 Å². The lowest BCUT2D eigenvalue weighted by atomic mass is 10.1. The molecule has 3 heterocycles. The number of aromatic amines is 1. The first kappa shape index (κ1) is 18.1. The molecule has 1 saturated heterocycles. The monoisotopic (exact) mass is 384 g/mol. The number of esters is 1. The van der Waals surface area contributed by atoms with Crippen molar-refractivity contribution < 1.29 is 17.9 Å². The number of nitrogens with one attached hydrogen (secondary N) is 1. The second-order valence-electron chi connectivity index (χ2n) is 6.52. The van der Waals surface area contributed by atoms with Crippen LogP contribution in [0.4, 0.5) is 0 Å². The van der Waals surface area contributed by atoms with Crippen LogP contribution in [-0.2, 0) is 19.4 Å². The lowest BCUT2D eigenvalue weighted by Crippen LogP contribution is -2.19. The molecule has 0 saturated carbocycles. The Hall–Kier alpha value is -1.74. The largest absolute Gasteiger partial charge is 0.454 e. The number of carbonyl (C=O) groups is 1. The van der Waals surface area contributed by atoms with E-state index in [1.165, 1.54) is 11.3 Å². The van der Waals surface area contributed by atoms with Gasteiger partial charge in [-0.05, 0) is 38.7 Å². The number of aromatic nitrogens is 2. The van der Waals surface area contributed by atoms with E-state index in [4.69, 9.17) is 4.74 Å². The highest BCUT2D eigenvalue weighted by Gasteiger charge is 2.30. The van der Waals surface area contributed by atoms with Gasteiger partial charge in [0.05, 0.1) is 16.9 Å². The molecule has 25 heavy (non-hydrogen) atoms. The van der Waals surface area contributed by atoms with Gasteiger partial charge in [0.25, 0.3) is 5.56 Å². The van der Waals surface area contributed by atoms with Crippen molar-refractivity contribution >= 4 is 37.4 Å². The van der Waals surface area contributed by atoms with Crippen LogP contribution in [0.1, 0.15) is 42.1 Å². The first-order valence-electron chi connectivity index (χ1n) is 8.06. The number of H-pyrrole nitrogens is 1. The second-order valence-corrected chi connectivity index (χ2v) is 9.95. The predicted molar refractivity (Wildman–Crippen MR) is 95.6 cm³/mol. The average molecular weight is 384 g/mol. The number of sulfone groups is 1. The average Bonchev–Trinajstić information content (AvgIpc) is 2.98. The van der Waals surface area contributed by atoms with Crippen molar-refractivity contribution in [2.45, 2.75) is 39.7 Å². The lowest BCUT2D eigenvalue weighted by Gasteiger charge is -2.14. The van der Waals surface area contributed by atoms with Crippen molar-refractivity contribution in [3.8, 4) is 0 Å². The third-order valence-corrected chi connectivity index (χ3v) is 7.47. The third kappa shape index (κ3) is 3.77. The summed E-state index contributed by atoms with van der Waals surface area (Å²) in [4.78, 5) is 33.1. The molecule has 1 aliphatic rings. The number of ether oxygens (including phenoxy) is 1. The van der Waals surface area contributed by atoms with Crippen molar-refractivity contribution in [2.75, 3.05) is 11.5 Å². The smallest absolute Gasteiger partial charge is 0.306 e. The fourth-order valence-corrected chi connectivity index (χ4v) is 5.93. The Morgan fingerprint density at radius 3 is 2.80 bits per heavy atom. The molecule has 1 aliphatic heterocycles. The maximum absolute atomic E-state index is 12.3. The summed E-state index contributed by atoms with van der Waals surface area (Å²) in [7, 11) is -3.02. The summed E-state index contributed by atoms with van der Waals surface area (Å²) < 4.78 is 28.3. The van der Waals surface area contributed by atoms with Crippen molar-refractivity contribution in [1.82, 2.24) is 9.97 Å². The lowest BCUT2D eigenvalue weighted by molar-refractivity contribution is -0.149. The molecule has 0 spiro atoms. The van der Waals surface area contributed by atoms with Crippen LogP contribution in [0.3, 0.4) is 0 Å². The number of nitrogens with zero attached hydrogens (tertiary/aromatic N) is 1. The molecule has 0 aliphatic carbocycles. The Kier molecular flexibility index (Phi) is 4.72. The zero-order chi connectivity index (χ0) is 18.4. The van der Waals surface area contributed by atoms with Gasteiger partial charge < -0.3 is 9.72 Å². The van der Waals surface area contributed by atoms with E-state index in [0.717, 1.165) is 10.4 Å². The molecule has 2 aromatic rings. The summed E-state index contributed by atoms with van der Waals surface area (Å²) in [6, 6.07) is 0. The summed E-state index contributed by atoms with van der Waals surface area (Å²) in [5.74, 6) is -0.210. The minimum atomic E-state index is -3.02. The highest BCUT2D eigenvalue weighted by molar-refractivity contribution is 7.91. The standard InChI is InChI=1S/C16H20N2O5S2/c1-8-10(3)24-16-13(8)15(20)17-14(18-16)9(2)23-12(19)6-11-4-5-25(21,22)7-11/h9,11H,4-7H2,1-3H3,(H,17,18,20)/t9-,11+/m1/s1. The minimum Gasteiger partial charge on any atom is -0.454 e. The van der Waals surface area contributed by atoms with E-state index in [1.807, 2.05) is 13.8 Å². The number of thiophene rings is 1. The minimum absolute atomic E-state index is 0.0330. The van der Waals surface area contributed by atoms with E-state index in [0.29, 0.717) is 22.5 Å². The Morgan fingerprint density at radius 2 is 2.16 bits per heavy atom. The maximum Gasteiger partial charge on any atom is 0.306 e. The van der Waals surface area contributed by atoms with Crippen molar-refractivity contribution in [2.24, 2.45) is 5.92 Å². The van der Waals surface area contributed by atoms with Crippen LogP contribution < -0.4 is 5.56 Å². The fraction of sp³-hybridized carbons (Fsp3) is 0.562. The van der Waals surface area contributed by atoms with Crippen molar-refractivity contribution in [3.05, 3.63) is 26.6 Å². The predicted octanol–water partition coefficient (Wildman–Crippen LogP) is 2.03. The van der Waals surface area contributed by atoms with E-state index >= 15 is 0 Å². The normalized spacial score (nSPS) is 20.7. The Labute approximate surface area is 149 Å². The van der Waals surface area contributed by atoms with Crippen LogP contribution in [-0.4, -0.2) is 35.9 Å². The van der Waals surface area contributed by atoms with E-state index < -0.39 is 21.9 Å². The van der Waals surface area contributed by atoms with Crippen LogP contribution in [0.25, 0.3) is 10.2 Å². The van der Waals surface area contributed by atoms with Gasteiger partial charge in [0.1, 0.15) is 4.83 Å². The first-order valence-corrected chi connectivity index (χ1v) is 10.7. The van der Waals surface area contributed by atoms with Gasteiger partial charge in [-0.1, -0.05) is 0 Å². The van der Waals surface area contributed by atoms with Gasteiger partial charge in [0.2, 0.25) is 0 Å². The molecule has 1 fully saturated rings. The number of hydrogen-bond donors (Lipinski definition) is 1. The first-order chi connectivity index (χ1) is 11.7. The summed E-state index contributed by atoms with van der Waals surface area (Å²) >= 11 is 1.43. The third-order valence-electron chi connectivity index (χ3n) is 4.53. The number of aryl methyl sites for hydroxylation is 2. The van der Waals surface area contributed by atoms with Gasteiger partial charge in [-0.2, -0.15) is 0 Å². The summed E-state index contributed by atoms with van der Waals surface area (Å²) in [5.41, 5.74) is 0.666. The molecule has 0 aromatic carbocycles. The molecule has 2 atom stereocenters. The molecule has 1 N–H and O–H groups in total. The quantitative estimate of drug-likeness (QED) is 0.809. The van der Waals surface area contributed by atoms with Crippen LogP contribution in [0.15, 0.2) is 4.79 Å². The number of hydrogen-bond acceptors (Lipinski definition) is 7. The van der Waals surface area contributed by atoms with E-state index in [-0.39, 0.29) is 29.4 Å². The Bertz CT molecular complexity index is 990. The zero-order valence-corrected chi connectivity index (χ0v) is 15.9. The van der Waals surface area contributed by atoms with Crippen molar-refractivity contribution in [1.29, 1.82) is 0 Å². The number of fused-ring (bicyclic) bond motifs is 1. The zero-order valence-electron chi connectivity index (χ0n) is 14.3. The molecular formula is C16H20N2O5S2. The SMILES string of the molecule is Cc1sc2nc([C@@H](C)OC(=O)C[C@@H]3CCS(=O)(=O)C3)[nH]c(=O)c2c1C. The molecule has 0 bridgehead atoms. The number of carbonyl (C=O) groups excluding carboxylic acids is 1. The van der Waals surface area contributed by atoms with Gasteiger partial charge in [-0.3, -0.25) is 9.59 Å². The van der Waals surface area contributed by atoms with Crippen LogP contribution in [0.5, 0.6) is 0 Å². The van der Waals surface area contributed by atoms with Gasteiger partial charge >= 0.3 is 5.97 Å². The van der Waals surface area contributed by atoms with E-state index in [1.54, 1.807) is 6.92 Å². The second kappa shape index (κ2) is 6.53. The highest BCUT2D eigenvalue weighted by atomic mass is 32.2. The number of rotatable bonds is 4. The topological polar surface area (TPSA) is 106 Å².